The smallest absolute Gasteiger partial charge is 0.191 e. The van der Waals surface area contributed by atoms with Crippen LogP contribution in [0.4, 0.5) is 10.1 Å². The Balaban J connectivity index is 1.55. The van der Waals surface area contributed by atoms with E-state index in [1.807, 2.05) is 7.05 Å². The number of aryl methyl sites for hydroxylation is 1. The lowest BCUT2D eigenvalue weighted by molar-refractivity contribution is 0.380. The van der Waals surface area contributed by atoms with Crippen LogP contribution in [0.25, 0.3) is 0 Å². The molecular formula is C15H20FN7. The second-order valence-electron chi connectivity index (χ2n) is 5.47. The summed E-state index contributed by atoms with van der Waals surface area (Å²) in [6.45, 7) is 3.70. The lowest BCUT2D eigenvalue weighted by Crippen LogP contribution is -2.51. The molecule has 0 aliphatic carbocycles. The maximum Gasteiger partial charge on any atom is 0.191 e. The van der Waals surface area contributed by atoms with E-state index in [4.69, 9.17) is 5.73 Å². The molecule has 1 fully saturated rings. The van der Waals surface area contributed by atoms with Crippen LogP contribution in [0.15, 0.2) is 35.5 Å². The molecule has 0 radical (unpaired) electrons. The Bertz CT molecular complexity index is 671. The molecule has 7 nitrogen and oxygen atoms in total. The molecule has 2 N–H and O–H groups in total. The largest absolute Gasteiger partial charge is 0.370 e. The number of nitrogens with two attached hydrogens (primary N) is 1. The van der Waals surface area contributed by atoms with E-state index in [-0.39, 0.29) is 5.82 Å². The molecule has 1 aliphatic heterocycles. The predicted octanol–water partition coefficient (Wildman–Crippen LogP) is 0.591. The Morgan fingerprint density at radius 3 is 2.52 bits per heavy atom. The van der Waals surface area contributed by atoms with Crippen molar-refractivity contribution in [3.8, 4) is 0 Å². The molecule has 23 heavy (non-hydrogen) atoms. The lowest BCUT2D eigenvalue weighted by atomic mass is 10.2. The molecule has 1 aromatic carbocycles. The number of guanidine groups is 1. The third-order valence-electron chi connectivity index (χ3n) is 4.01. The number of halogens is 1. The molecule has 1 aliphatic rings. The van der Waals surface area contributed by atoms with Crippen LogP contribution in [0, 0.1) is 5.82 Å². The maximum atomic E-state index is 13.0. The van der Waals surface area contributed by atoms with Gasteiger partial charge in [0.15, 0.2) is 5.96 Å². The van der Waals surface area contributed by atoms with E-state index in [0.29, 0.717) is 12.5 Å². The summed E-state index contributed by atoms with van der Waals surface area (Å²) in [5, 5.41) is 7.68. The van der Waals surface area contributed by atoms with Crippen LogP contribution in [0.2, 0.25) is 0 Å². The number of nitrogens with zero attached hydrogens (tertiary/aromatic N) is 6. The van der Waals surface area contributed by atoms with Crippen LogP contribution < -0.4 is 10.6 Å². The fourth-order valence-electron chi connectivity index (χ4n) is 2.56. The molecule has 0 spiro atoms. The Morgan fingerprint density at radius 2 is 1.91 bits per heavy atom. The van der Waals surface area contributed by atoms with Crippen LogP contribution >= 0.6 is 0 Å². The van der Waals surface area contributed by atoms with Gasteiger partial charge in [-0.1, -0.05) is 5.21 Å². The van der Waals surface area contributed by atoms with Crippen molar-refractivity contribution in [1.82, 2.24) is 19.9 Å². The number of hydrogen-bond donors (Lipinski definition) is 1. The average Bonchev–Trinajstić information content (AvgIpc) is 2.99. The highest BCUT2D eigenvalue weighted by molar-refractivity contribution is 5.78. The first kappa shape index (κ1) is 15.3. The van der Waals surface area contributed by atoms with Gasteiger partial charge >= 0.3 is 0 Å². The second kappa shape index (κ2) is 6.64. The minimum Gasteiger partial charge on any atom is -0.370 e. The average molecular weight is 317 g/mol. The van der Waals surface area contributed by atoms with Crippen LogP contribution in [-0.4, -0.2) is 52.0 Å². The molecule has 1 saturated heterocycles. The predicted molar refractivity (Wildman–Crippen MR) is 86.5 cm³/mol. The Morgan fingerprint density at radius 1 is 1.22 bits per heavy atom. The maximum absolute atomic E-state index is 13.0. The normalized spacial score (nSPS) is 16.0. The van der Waals surface area contributed by atoms with Crippen molar-refractivity contribution in [2.45, 2.75) is 6.54 Å². The van der Waals surface area contributed by atoms with Gasteiger partial charge in [-0.05, 0) is 24.3 Å². The highest BCUT2D eigenvalue weighted by atomic mass is 19.1. The summed E-state index contributed by atoms with van der Waals surface area (Å²) in [5.41, 5.74) is 8.02. The van der Waals surface area contributed by atoms with Gasteiger partial charge in [0.25, 0.3) is 0 Å². The summed E-state index contributed by atoms with van der Waals surface area (Å²) in [6.07, 6.45) is 1.68. The molecule has 3 rings (SSSR count). The van der Waals surface area contributed by atoms with Crippen molar-refractivity contribution in [1.29, 1.82) is 0 Å². The molecular weight excluding hydrogens is 297 g/mol. The summed E-state index contributed by atoms with van der Waals surface area (Å²) in [6, 6.07) is 6.58. The standard InChI is InChI=1S/C15H20FN7/c1-21-14(11-19-20-21)10-18-15(17)23-8-6-22(7-9-23)13-4-2-12(16)3-5-13/h2-5,11H,6-10H2,1H3,(H2,17,18). The van der Waals surface area contributed by atoms with Crippen LogP contribution in [-0.2, 0) is 13.6 Å². The molecule has 2 aromatic rings. The zero-order valence-electron chi connectivity index (χ0n) is 13.1. The molecule has 0 saturated carbocycles. The Kier molecular flexibility index (Phi) is 4.40. The number of aromatic nitrogens is 3. The van der Waals surface area contributed by atoms with Gasteiger partial charge in [0, 0.05) is 38.9 Å². The minimum absolute atomic E-state index is 0.214. The number of hydrogen-bond acceptors (Lipinski definition) is 4. The summed E-state index contributed by atoms with van der Waals surface area (Å²) >= 11 is 0. The number of anilines is 1. The topological polar surface area (TPSA) is 75.6 Å². The SMILES string of the molecule is Cn1nncc1CN=C(N)N1CCN(c2ccc(F)cc2)CC1. The molecule has 0 atom stereocenters. The van der Waals surface area contributed by atoms with Crippen molar-refractivity contribution >= 4 is 11.6 Å². The van der Waals surface area contributed by atoms with Gasteiger partial charge in [0.2, 0.25) is 0 Å². The van der Waals surface area contributed by atoms with Crippen molar-refractivity contribution in [2.75, 3.05) is 31.1 Å². The molecule has 0 bridgehead atoms. The number of piperazine rings is 1. The fourth-order valence-corrected chi connectivity index (χ4v) is 2.56. The van der Waals surface area contributed by atoms with E-state index in [0.717, 1.165) is 37.6 Å². The first-order valence-electron chi connectivity index (χ1n) is 7.52. The van der Waals surface area contributed by atoms with Crippen molar-refractivity contribution in [3.05, 3.63) is 42.0 Å². The highest BCUT2D eigenvalue weighted by Crippen LogP contribution is 2.16. The third-order valence-corrected chi connectivity index (χ3v) is 4.01. The number of benzene rings is 1. The molecule has 0 amide bonds. The van der Waals surface area contributed by atoms with Gasteiger partial charge in [0.05, 0.1) is 18.4 Å². The van der Waals surface area contributed by atoms with Crippen LogP contribution in [0.5, 0.6) is 0 Å². The third kappa shape index (κ3) is 3.58. The van der Waals surface area contributed by atoms with Crippen molar-refractivity contribution in [3.63, 3.8) is 0 Å². The van der Waals surface area contributed by atoms with Gasteiger partial charge in [0.1, 0.15) is 5.82 Å². The van der Waals surface area contributed by atoms with E-state index < -0.39 is 0 Å². The van der Waals surface area contributed by atoms with Gasteiger partial charge in [-0.3, -0.25) is 4.68 Å². The van der Waals surface area contributed by atoms with Crippen LogP contribution in [0.1, 0.15) is 5.69 Å². The van der Waals surface area contributed by atoms with Gasteiger partial charge in [-0.2, -0.15) is 0 Å². The van der Waals surface area contributed by atoms with E-state index in [1.54, 1.807) is 23.0 Å². The van der Waals surface area contributed by atoms with Gasteiger partial charge < -0.3 is 15.5 Å². The van der Waals surface area contributed by atoms with Gasteiger partial charge in [-0.25, -0.2) is 9.38 Å². The van der Waals surface area contributed by atoms with E-state index >= 15 is 0 Å². The minimum atomic E-state index is -0.214. The molecule has 122 valence electrons. The monoisotopic (exact) mass is 317 g/mol. The molecule has 1 aromatic heterocycles. The summed E-state index contributed by atoms with van der Waals surface area (Å²) < 4.78 is 14.7. The summed E-state index contributed by atoms with van der Waals surface area (Å²) in [7, 11) is 1.83. The van der Waals surface area contributed by atoms with E-state index in [2.05, 4.69) is 25.1 Å². The first-order chi connectivity index (χ1) is 11.1. The summed E-state index contributed by atoms with van der Waals surface area (Å²) in [4.78, 5) is 8.69. The number of aliphatic imine (C=N–C) groups is 1. The zero-order chi connectivity index (χ0) is 16.2. The lowest BCUT2D eigenvalue weighted by Gasteiger charge is -2.36. The van der Waals surface area contributed by atoms with E-state index in [9.17, 15) is 4.39 Å². The zero-order valence-corrected chi connectivity index (χ0v) is 13.1. The Hall–Kier alpha value is -2.64. The summed E-state index contributed by atoms with van der Waals surface area (Å²) in [5.74, 6) is 0.318. The molecule has 8 heteroatoms. The Labute approximate surface area is 134 Å². The first-order valence-corrected chi connectivity index (χ1v) is 7.52. The van der Waals surface area contributed by atoms with E-state index in [1.165, 1.54) is 12.1 Å². The van der Waals surface area contributed by atoms with Crippen LogP contribution in [0.3, 0.4) is 0 Å². The second-order valence-corrected chi connectivity index (χ2v) is 5.47. The number of rotatable bonds is 3. The van der Waals surface area contributed by atoms with Crippen molar-refractivity contribution < 1.29 is 4.39 Å². The van der Waals surface area contributed by atoms with Gasteiger partial charge in [-0.15, -0.1) is 5.10 Å². The molecule has 2 heterocycles. The molecule has 0 unspecified atom stereocenters. The highest BCUT2D eigenvalue weighted by Gasteiger charge is 2.18. The quantitative estimate of drug-likeness (QED) is 0.662. The fraction of sp³-hybridized carbons (Fsp3) is 0.400. The van der Waals surface area contributed by atoms with Crippen molar-refractivity contribution in [2.24, 2.45) is 17.8 Å².